The van der Waals surface area contributed by atoms with Gasteiger partial charge in [0, 0.05) is 24.4 Å². The van der Waals surface area contributed by atoms with Crippen molar-refractivity contribution in [3.05, 3.63) is 42.1 Å². The van der Waals surface area contributed by atoms with Crippen LogP contribution in [0.3, 0.4) is 0 Å². The van der Waals surface area contributed by atoms with Gasteiger partial charge >= 0.3 is 0 Å². The predicted octanol–water partition coefficient (Wildman–Crippen LogP) is 3.85. The van der Waals surface area contributed by atoms with E-state index in [1.807, 2.05) is 6.20 Å². The number of allylic oxidation sites excluding steroid dienone is 1. The highest BCUT2D eigenvalue weighted by molar-refractivity contribution is 8.13. The number of hydrogen-bond donors (Lipinski definition) is 1. The van der Waals surface area contributed by atoms with E-state index in [2.05, 4.69) is 41.4 Å². The van der Waals surface area contributed by atoms with Crippen molar-refractivity contribution in [1.29, 1.82) is 0 Å². The maximum Gasteiger partial charge on any atom is 0.185 e. The number of carbonyl (C=O) groups excluding carboxylic acids is 1. The van der Waals surface area contributed by atoms with Crippen LogP contribution in [0, 0.1) is 0 Å². The summed E-state index contributed by atoms with van der Waals surface area (Å²) in [5.41, 5.74) is 2.35. The number of benzene rings is 1. The Morgan fingerprint density at radius 1 is 1.41 bits per heavy atom. The van der Waals surface area contributed by atoms with E-state index < -0.39 is 0 Å². The first kappa shape index (κ1) is 12.0. The average molecular weight is 245 g/mol. The fourth-order valence-corrected chi connectivity index (χ4v) is 2.20. The highest BCUT2D eigenvalue weighted by atomic mass is 32.2. The molecule has 0 amide bonds. The van der Waals surface area contributed by atoms with E-state index in [0.717, 1.165) is 17.7 Å². The lowest BCUT2D eigenvalue weighted by Gasteiger charge is -1.95. The minimum atomic E-state index is 0.186. The maximum atomic E-state index is 10.7. The lowest BCUT2D eigenvalue weighted by molar-refractivity contribution is -0.109. The molecule has 3 heteroatoms. The van der Waals surface area contributed by atoms with Crippen molar-refractivity contribution in [3.8, 4) is 0 Å². The molecule has 0 aliphatic rings. The molecular formula is C14H15NOS. The van der Waals surface area contributed by atoms with E-state index in [4.69, 9.17) is 0 Å². The van der Waals surface area contributed by atoms with Crippen LogP contribution in [0.2, 0.25) is 0 Å². The molecule has 17 heavy (non-hydrogen) atoms. The molecule has 0 radical (unpaired) electrons. The van der Waals surface area contributed by atoms with Crippen molar-refractivity contribution in [2.24, 2.45) is 0 Å². The molecule has 0 atom stereocenters. The molecule has 0 bridgehead atoms. The van der Waals surface area contributed by atoms with Gasteiger partial charge in [0.05, 0.1) is 0 Å². The number of H-pyrrole nitrogens is 1. The Morgan fingerprint density at radius 2 is 2.29 bits per heavy atom. The zero-order chi connectivity index (χ0) is 12.1. The minimum absolute atomic E-state index is 0.186. The molecule has 1 aromatic heterocycles. The zero-order valence-electron chi connectivity index (χ0n) is 9.77. The molecule has 0 saturated heterocycles. The number of fused-ring (bicyclic) bond motifs is 1. The lowest BCUT2D eigenvalue weighted by Crippen LogP contribution is -1.83. The second-order valence-corrected chi connectivity index (χ2v) is 5.13. The molecule has 2 aromatic rings. The number of nitrogens with one attached hydrogen (secondary N) is 1. The van der Waals surface area contributed by atoms with E-state index in [0.29, 0.717) is 0 Å². The van der Waals surface area contributed by atoms with Crippen LogP contribution in [-0.2, 0) is 4.79 Å². The van der Waals surface area contributed by atoms with Crippen molar-refractivity contribution in [3.63, 3.8) is 0 Å². The molecule has 1 N–H and O–H groups in total. The quantitative estimate of drug-likeness (QED) is 0.830. The summed E-state index contributed by atoms with van der Waals surface area (Å²) in [5, 5.41) is 1.42. The fraction of sp³-hybridized carbons (Fsp3) is 0.214. The maximum absolute atomic E-state index is 10.7. The first-order chi connectivity index (χ1) is 8.25. The average Bonchev–Trinajstić information content (AvgIpc) is 2.75. The molecule has 0 spiro atoms. The molecule has 0 saturated carbocycles. The van der Waals surface area contributed by atoms with Gasteiger partial charge in [0.15, 0.2) is 5.12 Å². The van der Waals surface area contributed by atoms with Crippen molar-refractivity contribution < 1.29 is 4.79 Å². The first-order valence-electron chi connectivity index (χ1n) is 5.63. The Morgan fingerprint density at radius 3 is 3.12 bits per heavy atom. The Kier molecular flexibility index (Phi) is 4.04. The van der Waals surface area contributed by atoms with Crippen LogP contribution >= 0.6 is 11.8 Å². The standard InChI is InChI=1S/C14H15NOS/c1-11(16)17-9-3-2-4-12-5-6-13-7-8-15-14(13)10-12/h2,4-8,10,15H,3,9H2,1H3. The molecule has 1 heterocycles. The van der Waals surface area contributed by atoms with Crippen LogP contribution in [0.4, 0.5) is 0 Å². The van der Waals surface area contributed by atoms with Gasteiger partial charge in [0.25, 0.3) is 0 Å². The summed E-state index contributed by atoms with van der Waals surface area (Å²) in [7, 11) is 0. The molecule has 0 unspecified atom stereocenters. The number of carbonyl (C=O) groups is 1. The van der Waals surface area contributed by atoms with Gasteiger partial charge in [-0.15, -0.1) is 0 Å². The van der Waals surface area contributed by atoms with Crippen LogP contribution in [0.25, 0.3) is 17.0 Å². The highest BCUT2D eigenvalue weighted by Crippen LogP contribution is 2.15. The number of rotatable bonds is 4. The van der Waals surface area contributed by atoms with E-state index in [9.17, 15) is 4.79 Å². The van der Waals surface area contributed by atoms with Gasteiger partial charge in [-0.1, -0.05) is 36.0 Å². The Bertz CT molecular complexity index is 542. The van der Waals surface area contributed by atoms with E-state index in [1.54, 1.807) is 6.92 Å². The first-order valence-corrected chi connectivity index (χ1v) is 6.61. The van der Waals surface area contributed by atoms with Crippen molar-refractivity contribution >= 4 is 33.9 Å². The SMILES string of the molecule is CC(=O)SCCC=Cc1ccc2cc[nH]c2c1. The van der Waals surface area contributed by atoms with Crippen molar-refractivity contribution in [1.82, 2.24) is 4.98 Å². The number of hydrogen-bond acceptors (Lipinski definition) is 2. The van der Waals surface area contributed by atoms with E-state index in [1.165, 1.54) is 22.7 Å². The highest BCUT2D eigenvalue weighted by Gasteiger charge is 1.94. The van der Waals surface area contributed by atoms with Crippen molar-refractivity contribution in [2.75, 3.05) is 5.75 Å². The molecule has 88 valence electrons. The number of aromatic amines is 1. The zero-order valence-corrected chi connectivity index (χ0v) is 10.6. The fourth-order valence-electron chi connectivity index (χ4n) is 1.66. The molecule has 0 aliphatic carbocycles. The Balaban J connectivity index is 1.93. The van der Waals surface area contributed by atoms with E-state index >= 15 is 0 Å². The van der Waals surface area contributed by atoms with Gasteiger partial charge in [-0.25, -0.2) is 0 Å². The largest absolute Gasteiger partial charge is 0.361 e. The summed E-state index contributed by atoms with van der Waals surface area (Å²) in [6.45, 7) is 1.60. The minimum Gasteiger partial charge on any atom is -0.361 e. The number of thioether (sulfide) groups is 1. The van der Waals surface area contributed by atoms with Gasteiger partial charge in [0.1, 0.15) is 0 Å². The van der Waals surface area contributed by atoms with Gasteiger partial charge in [-0.2, -0.15) is 0 Å². The molecular weight excluding hydrogens is 230 g/mol. The summed E-state index contributed by atoms with van der Waals surface area (Å²) >= 11 is 1.37. The van der Waals surface area contributed by atoms with Crippen LogP contribution < -0.4 is 0 Å². The predicted molar refractivity (Wildman–Crippen MR) is 75.1 cm³/mol. The summed E-state index contributed by atoms with van der Waals surface area (Å²) in [6, 6.07) is 8.40. The summed E-state index contributed by atoms with van der Waals surface area (Å²) in [5.74, 6) is 0.858. The second-order valence-electron chi connectivity index (χ2n) is 3.86. The normalized spacial score (nSPS) is 11.4. The molecule has 2 nitrogen and oxygen atoms in total. The van der Waals surface area contributed by atoms with Crippen LogP contribution in [0.15, 0.2) is 36.5 Å². The van der Waals surface area contributed by atoms with Gasteiger partial charge in [-0.05, 0) is 29.5 Å². The number of aromatic nitrogens is 1. The monoisotopic (exact) mass is 245 g/mol. The third-order valence-electron chi connectivity index (χ3n) is 2.48. The third kappa shape index (κ3) is 3.49. The van der Waals surface area contributed by atoms with Gasteiger partial charge in [-0.3, -0.25) is 4.79 Å². The van der Waals surface area contributed by atoms with Crippen molar-refractivity contribution in [2.45, 2.75) is 13.3 Å². The van der Waals surface area contributed by atoms with Gasteiger partial charge in [0.2, 0.25) is 0 Å². The summed E-state index contributed by atoms with van der Waals surface area (Å²) in [6.07, 6.45) is 7.08. The van der Waals surface area contributed by atoms with Gasteiger partial charge < -0.3 is 4.98 Å². The summed E-state index contributed by atoms with van der Waals surface area (Å²) < 4.78 is 0. The topological polar surface area (TPSA) is 32.9 Å². The Labute approximate surface area is 105 Å². The second kappa shape index (κ2) is 5.73. The van der Waals surface area contributed by atoms with Crippen LogP contribution in [0.5, 0.6) is 0 Å². The molecule has 0 fully saturated rings. The molecule has 2 rings (SSSR count). The summed E-state index contributed by atoms with van der Waals surface area (Å²) in [4.78, 5) is 13.9. The molecule has 0 aliphatic heterocycles. The van der Waals surface area contributed by atoms with E-state index in [-0.39, 0.29) is 5.12 Å². The lowest BCUT2D eigenvalue weighted by atomic mass is 10.1. The Hall–Kier alpha value is -1.48. The third-order valence-corrected chi connectivity index (χ3v) is 3.33. The smallest absolute Gasteiger partial charge is 0.185 e. The molecule has 1 aromatic carbocycles. The van der Waals surface area contributed by atoms with Crippen LogP contribution in [-0.4, -0.2) is 15.9 Å². The van der Waals surface area contributed by atoms with Crippen LogP contribution in [0.1, 0.15) is 18.9 Å².